The van der Waals surface area contributed by atoms with E-state index in [-0.39, 0.29) is 12.5 Å². The van der Waals surface area contributed by atoms with Crippen LogP contribution >= 0.6 is 0 Å². The van der Waals surface area contributed by atoms with Crippen molar-refractivity contribution in [1.29, 1.82) is 0 Å². The van der Waals surface area contributed by atoms with Crippen LogP contribution < -0.4 is 15.5 Å². The Balaban J connectivity index is 1.76. The third-order valence-corrected chi connectivity index (χ3v) is 3.18. The number of carbonyl (C=O) groups excluding carboxylic acids is 2. The van der Waals surface area contributed by atoms with Gasteiger partial charge in [-0.05, 0) is 17.7 Å². The highest BCUT2D eigenvalue weighted by atomic mass is 16.5. The fraction of sp³-hybridized carbons (Fsp3) is 0.105. The van der Waals surface area contributed by atoms with Crippen molar-refractivity contribution in [2.24, 2.45) is 5.10 Å². The first-order valence-corrected chi connectivity index (χ1v) is 7.65. The summed E-state index contributed by atoms with van der Waals surface area (Å²) >= 11 is 0. The Morgan fingerprint density at radius 1 is 1.08 bits per heavy atom. The molecular formula is C19H19N3O3. The maximum atomic E-state index is 11.8. The van der Waals surface area contributed by atoms with Crippen LogP contribution in [-0.4, -0.2) is 31.7 Å². The number of hydrogen-bond donors (Lipinski definition) is 2. The van der Waals surface area contributed by atoms with Gasteiger partial charge >= 0.3 is 0 Å². The van der Waals surface area contributed by atoms with Crippen LogP contribution in [0, 0.1) is 0 Å². The molecule has 2 aromatic rings. The lowest BCUT2D eigenvalue weighted by atomic mass is 10.2. The van der Waals surface area contributed by atoms with Crippen LogP contribution in [0.2, 0.25) is 0 Å². The van der Waals surface area contributed by atoms with E-state index in [0.29, 0.717) is 5.75 Å². The molecule has 0 aliphatic carbocycles. The van der Waals surface area contributed by atoms with Gasteiger partial charge < -0.3 is 10.1 Å². The molecule has 0 aliphatic rings. The highest BCUT2D eigenvalue weighted by Gasteiger charge is 2.02. The van der Waals surface area contributed by atoms with Crippen LogP contribution in [0.1, 0.15) is 11.1 Å². The summed E-state index contributed by atoms with van der Waals surface area (Å²) < 4.78 is 5.19. The first-order valence-electron chi connectivity index (χ1n) is 7.65. The maximum Gasteiger partial charge on any atom is 0.259 e. The molecule has 25 heavy (non-hydrogen) atoms. The second-order valence-electron chi connectivity index (χ2n) is 5.00. The number of rotatable bonds is 7. The van der Waals surface area contributed by atoms with Gasteiger partial charge in [0.2, 0.25) is 5.91 Å². The number of para-hydroxylation sites is 1. The summed E-state index contributed by atoms with van der Waals surface area (Å²) in [4.78, 5) is 23.4. The van der Waals surface area contributed by atoms with Crippen molar-refractivity contribution in [2.75, 3.05) is 13.7 Å². The number of hydrogen-bond acceptors (Lipinski definition) is 4. The summed E-state index contributed by atoms with van der Waals surface area (Å²) in [5, 5.41) is 6.31. The van der Waals surface area contributed by atoms with Crippen LogP contribution in [0.5, 0.6) is 5.75 Å². The Hall–Kier alpha value is -3.41. The molecule has 0 unspecified atom stereocenters. The van der Waals surface area contributed by atoms with Gasteiger partial charge in [0.1, 0.15) is 5.75 Å². The summed E-state index contributed by atoms with van der Waals surface area (Å²) in [7, 11) is 1.56. The predicted molar refractivity (Wildman–Crippen MR) is 97.2 cm³/mol. The van der Waals surface area contributed by atoms with Crippen LogP contribution in [0.3, 0.4) is 0 Å². The third-order valence-electron chi connectivity index (χ3n) is 3.18. The van der Waals surface area contributed by atoms with E-state index >= 15 is 0 Å². The number of nitrogens with one attached hydrogen (secondary N) is 2. The minimum absolute atomic E-state index is 0.165. The fourth-order valence-corrected chi connectivity index (χ4v) is 1.95. The Morgan fingerprint density at radius 2 is 1.80 bits per heavy atom. The first-order chi connectivity index (χ1) is 12.2. The molecule has 0 radical (unpaired) electrons. The van der Waals surface area contributed by atoms with E-state index in [1.54, 1.807) is 19.3 Å². The average molecular weight is 337 g/mol. The van der Waals surface area contributed by atoms with Gasteiger partial charge in [-0.2, -0.15) is 5.10 Å². The number of hydrazone groups is 1. The lowest BCUT2D eigenvalue weighted by Gasteiger charge is -2.04. The van der Waals surface area contributed by atoms with Gasteiger partial charge in [0, 0.05) is 11.6 Å². The summed E-state index contributed by atoms with van der Waals surface area (Å²) in [6.45, 7) is -0.165. The number of benzene rings is 2. The third kappa shape index (κ3) is 6.31. The van der Waals surface area contributed by atoms with E-state index in [1.807, 2.05) is 48.5 Å². The molecule has 0 atom stereocenters. The number of amides is 2. The molecule has 0 fully saturated rings. The van der Waals surface area contributed by atoms with Gasteiger partial charge in [0.15, 0.2) is 0 Å². The highest BCUT2D eigenvalue weighted by Crippen LogP contribution is 2.18. The molecule has 2 N–H and O–H groups in total. The number of nitrogens with zero attached hydrogens (tertiary/aromatic N) is 1. The lowest BCUT2D eigenvalue weighted by molar-refractivity contribution is -0.123. The Bertz CT molecular complexity index is 770. The van der Waals surface area contributed by atoms with Gasteiger partial charge in [-0.1, -0.05) is 48.5 Å². The van der Waals surface area contributed by atoms with Crippen molar-refractivity contribution in [1.82, 2.24) is 10.7 Å². The zero-order valence-electron chi connectivity index (χ0n) is 13.8. The minimum atomic E-state index is -0.411. The largest absolute Gasteiger partial charge is 0.496 e. The van der Waals surface area contributed by atoms with Crippen molar-refractivity contribution in [2.45, 2.75) is 0 Å². The number of ether oxygens (including phenoxy) is 1. The summed E-state index contributed by atoms with van der Waals surface area (Å²) in [5.41, 5.74) is 3.99. The van der Waals surface area contributed by atoms with E-state index in [0.717, 1.165) is 11.1 Å². The molecule has 6 heteroatoms. The zero-order valence-corrected chi connectivity index (χ0v) is 13.8. The molecule has 0 saturated heterocycles. The average Bonchev–Trinajstić information content (AvgIpc) is 2.65. The van der Waals surface area contributed by atoms with Crippen molar-refractivity contribution in [3.8, 4) is 5.75 Å². The smallest absolute Gasteiger partial charge is 0.259 e. The second-order valence-corrected chi connectivity index (χ2v) is 5.00. The Kier molecular flexibility index (Phi) is 6.94. The SMILES string of the molecule is COc1ccccc1/C=C/C(=O)NCC(=O)N/N=C\c1ccccc1. The van der Waals surface area contributed by atoms with Crippen molar-refractivity contribution < 1.29 is 14.3 Å². The molecule has 0 heterocycles. The lowest BCUT2D eigenvalue weighted by Crippen LogP contribution is -2.34. The van der Waals surface area contributed by atoms with E-state index in [1.165, 1.54) is 12.3 Å². The minimum Gasteiger partial charge on any atom is -0.496 e. The van der Waals surface area contributed by atoms with Crippen LogP contribution in [0.25, 0.3) is 6.08 Å². The summed E-state index contributed by atoms with van der Waals surface area (Å²) in [6, 6.07) is 16.7. The molecule has 6 nitrogen and oxygen atoms in total. The van der Waals surface area contributed by atoms with Crippen molar-refractivity contribution in [3.63, 3.8) is 0 Å². The standard InChI is InChI=1S/C19H19N3O3/c1-25-17-10-6-5-9-16(17)11-12-18(23)20-14-19(24)22-21-13-15-7-3-2-4-8-15/h2-13H,14H2,1H3,(H,20,23)(H,22,24)/b12-11+,21-13-. The molecule has 2 amide bonds. The summed E-state index contributed by atoms with van der Waals surface area (Å²) in [6.07, 6.45) is 4.50. The monoisotopic (exact) mass is 337 g/mol. The van der Waals surface area contributed by atoms with E-state index in [4.69, 9.17) is 4.74 Å². The van der Waals surface area contributed by atoms with Crippen LogP contribution in [-0.2, 0) is 9.59 Å². The number of methoxy groups -OCH3 is 1. The Morgan fingerprint density at radius 3 is 2.56 bits per heavy atom. The van der Waals surface area contributed by atoms with Crippen molar-refractivity contribution >= 4 is 24.1 Å². The molecule has 0 aliphatic heterocycles. The quantitative estimate of drug-likeness (QED) is 0.460. The molecule has 2 aromatic carbocycles. The number of carbonyl (C=O) groups is 2. The molecule has 0 bridgehead atoms. The van der Waals surface area contributed by atoms with E-state index in [9.17, 15) is 9.59 Å². The molecule has 0 saturated carbocycles. The molecule has 2 rings (SSSR count). The van der Waals surface area contributed by atoms with Crippen molar-refractivity contribution in [3.05, 3.63) is 71.8 Å². The molecule has 0 spiro atoms. The molecule has 128 valence electrons. The topological polar surface area (TPSA) is 79.8 Å². The fourth-order valence-electron chi connectivity index (χ4n) is 1.95. The van der Waals surface area contributed by atoms with Gasteiger partial charge in [-0.25, -0.2) is 5.43 Å². The predicted octanol–water partition coefficient (Wildman–Crippen LogP) is 1.97. The maximum absolute atomic E-state index is 11.8. The zero-order chi connectivity index (χ0) is 17.9. The van der Waals surface area contributed by atoms with Crippen LogP contribution in [0.15, 0.2) is 65.8 Å². The van der Waals surface area contributed by atoms with E-state index in [2.05, 4.69) is 15.8 Å². The van der Waals surface area contributed by atoms with Gasteiger partial charge in [-0.3, -0.25) is 9.59 Å². The Labute approximate surface area is 146 Å². The summed E-state index contributed by atoms with van der Waals surface area (Å²) in [5.74, 6) is -0.126. The normalized spacial score (nSPS) is 10.8. The first kappa shape index (κ1) is 17.9. The highest BCUT2D eigenvalue weighted by molar-refractivity contribution is 5.94. The van der Waals surface area contributed by atoms with Crippen LogP contribution in [0.4, 0.5) is 0 Å². The molecule has 0 aromatic heterocycles. The van der Waals surface area contributed by atoms with Gasteiger partial charge in [0.05, 0.1) is 19.9 Å². The van der Waals surface area contributed by atoms with Gasteiger partial charge in [0.25, 0.3) is 5.91 Å². The van der Waals surface area contributed by atoms with Gasteiger partial charge in [-0.15, -0.1) is 0 Å². The van der Waals surface area contributed by atoms with E-state index < -0.39 is 5.91 Å². The second kappa shape index (κ2) is 9.67. The molecular weight excluding hydrogens is 318 g/mol.